The third-order valence-corrected chi connectivity index (χ3v) is 3.72. The average Bonchev–Trinajstić information content (AvgIpc) is 2.72. The molecule has 19 heavy (non-hydrogen) atoms. The normalized spacial score (nSPS) is 18.6. The van der Waals surface area contributed by atoms with E-state index in [2.05, 4.69) is 14.3 Å². The van der Waals surface area contributed by atoms with Gasteiger partial charge in [0, 0.05) is 37.7 Å². The average molecular weight is 296 g/mol. The quantitative estimate of drug-likeness (QED) is 0.904. The standard InChI is InChI=1S/C10H15F3N4OS/c11-10(12,13)8-14-9(19-15-8)17-3-1-2-16(4-5-17)6-7-18/h18H,1-7H2. The van der Waals surface area contributed by atoms with Crippen LogP contribution in [0.3, 0.4) is 0 Å². The Balaban J connectivity index is 2.00. The van der Waals surface area contributed by atoms with Crippen molar-refractivity contribution in [3.63, 3.8) is 0 Å². The lowest BCUT2D eigenvalue weighted by Gasteiger charge is -2.20. The van der Waals surface area contributed by atoms with Gasteiger partial charge in [-0.15, -0.1) is 0 Å². The van der Waals surface area contributed by atoms with Crippen molar-refractivity contribution in [1.29, 1.82) is 0 Å². The highest BCUT2D eigenvalue weighted by Gasteiger charge is 2.36. The fourth-order valence-corrected chi connectivity index (χ4v) is 2.72. The molecule has 1 aliphatic heterocycles. The van der Waals surface area contributed by atoms with Gasteiger partial charge in [-0.2, -0.15) is 22.5 Å². The Labute approximate surface area is 112 Å². The molecule has 0 aliphatic carbocycles. The van der Waals surface area contributed by atoms with Gasteiger partial charge in [0.25, 0.3) is 0 Å². The van der Waals surface area contributed by atoms with E-state index in [9.17, 15) is 13.2 Å². The van der Waals surface area contributed by atoms with Crippen molar-refractivity contribution < 1.29 is 18.3 Å². The molecule has 5 nitrogen and oxygen atoms in total. The molecule has 9 heteroatoms. The van der Waals surface area contributed by atoms with Gasteiger partial charge in [-0.05, 0) is 13.0 Å². The summed E-state index contributed by atoms with van der Waals surface area (Å²) in [5, 5.41) is 9.20. The lowest BCUT2D eigenvalue weighted by molar-refractivity contribution is -0.144. The van der Waals surface area contributed by atoms with Gasteiger partial charge in [-0.3, -0.25) is 4.90 Å². The Morgan fingerprint density at radius 1 is 1.21 bits per heavy atom. The maximum Gasteiger partial charge on any atom is 0.452 e. The molecule has 1 aromatic heterocycles. The zero-order chi connectivity index (χ0) is 13.9. The number of rotatable bonds is 3. The Morgan fingerprint density at radius 2 is 2.00 bits per heavy atom. The maximum absolute atomic E-state index is 12.4. The number of halogens is 3. The summed E-state index contributed by atoms with van der Waals surface area (Å²) >= 11 is 0.784. The number of alkyl halides is 3. The summed E-state index contributed by atoms with van der Waals surface area (Å²) in [6, 6.07) is 0. The zero-order valence-electron chi connectivity index (χ0n) is 10.2. The van der Waals surface area contributed by atoms with Gasteiger partial charge >= 0.3 is 6.18 Å². The Kier molecular flexibility index (Phi) is 4.58. The number of β-amino-alcohol motifs (C(OH)–C–C–N with tert-alkyl or cyclic N) is 1. The van der Waals surface area contributed by atoms with Crippen LogP contribution in [0.5, 0.6) is 0 Å². The smallest absolute Gasteiger partial charge is 0.395 e. The molecule has 0 bridgehead atoms. The first-order valence-electron chi connectivity index (χ1n) is 6.00. The van der Waals surface area contributed by atoms with E-state index in [1.807, 2.05) is 4.90 Å². The first kappa shape index (κ1) is 14.5. The molecule has 0 aromatic carbocycles. The fraction of sp³-hybridized carbons (Fsp3) is 0.800. The van der Waals surface area contributed by atoms with E-state index in [0.29, 0.717) is 31.3 Å². The van der Waals surface area contributed by atoms with Gasteiger partial charge in [-0.25, -0.2) is 0 Å². The van der Waals surface area contributed by atoms with Crippen molar-refractivity contribution in [2.75, 3.05) is 44.2 Å². The monoisotopic (exact) mass is 296 g/mol. The molecule has 0 amide bonds. The Bertz CT molecular complexity index is 412. The van der Waals surface area contributed by atoms with Crippen LogP contribution in [0.25, 0.3) is 0 Å². The van der Waals surface area contributed by atoms with Crippen molar-refractivity contribution in [3.8, 4) is 0 Å². The summed E-state index contributed by atoms with van der Waals surface area (Å²) in [5.41, 5.74) is 0. The highest BCUT2D eigenvalue weighted by Crippen LogP contribution is 2.30. The lowest BCUT2D eigenvalue weighted by Crippen LogP contribution is -2.32. The number of aliphatic hydroxyl groups is 1. The number of hydrogen-bond donors (Lipinski definition) is 1. The van der Waals surface area contributed by atoms with Crippen LogP contribution in [-0.4, -0.2) is 58.7 Å². The number of anilines is 1. The molecule has 1 fully saturated rings. The highest BCUT2D eigenvalue weighted by molar-refractivity contribution is 7.09. The third-order valence-electron chi connectivity index (χ3n) is 2.94. The van der Waals surface area contributed by atoms with E-state index in [-0.39, 0.29) is 6.61 Å². The molecule has 1 aromatic rings. The fourth-order valence-electron chi connectivity index (χ4n) is 1.99. The minimum absolute atomic E-state index is 0.0943. The largest absolute Gasteiger partial charge is 0.452 e. The van der Waals surface area contributed by atoms with Crippen LogP contribution in [0.4, 0.5) is 18.3 Å². The van der Waals surface area contributed by atoms with Gasteiger partial charge in [0.05, 0.1) is 6.61 Å². The van der Waals surface area contributed by atoms with Crippen molar-refractivity contribution in [2.24, 2.45) is 0 Å². The topological polar surface area (TPSA) is 52.5 Å². The number of aliphatic hydroxyl groups excluding tert-OH is 1. The third kappa shape index (κ3) is 3.77. The molecule has 0 unspecified atom stereocenters. The molecule has 0 atom stereocenters. The van der Waals surface area contributed by atoms with Crippen LogP contribution >= 0.6 is 11.5 Å². The molecular weight excluding hydrogens is 281 g/mol. The zero-order valence-corrected chi connectivity index (χ0v) is 11.0. The van der Waals surface area contributed by atoms with Crippen molar-refractivity contribution in [2.45, 2.75) is 12.6 Å². The molecular formula is C10H15F3N4OS. The molecule has 2 heterocycles. The second-order valence-electron chi connectivity index (χ2n) is 4.30. The van der Waals surface area contributed by atoms with Crippen molar-refractivity contribution in [3.05, 3.63) is 5.82 Å². The van der Waals surface area contributed by atoms with E-state index in [0.717, 1.165) is 24.5 Å². The van der Waals surface area contributed by atoms with E-state index >= 15 is 0 Å². The predicted molar refractivity (Wildman–Crippen MR) is 65.3 cm³/mol. The van der Waals surface area contributed by atoms with Crippen LogP contribution in [0.15, 0.2) is 0 Å². The molecule has 1 N–H and O–H groups in total. The van der Waals surface area contributed by atoms with Gasteiger partial charge < -0.3 is 10.0 Å². The molecule has 0 spiro atoms. The summed E-state index contributed by atoms with van der Waals surface area (Å²) in [6.45, 7) is 3.50. The molecule has 2 rings (SSSR count). The van der Waals surface area contributed by atoms with E-state index in [1.54, 1.807) is 0 Å². The van der Waals surface area contributed by atoms with Gasteiger partial charge in [-0.1, -0.05) is 0 Å². The molecule has 108 valence electrons. The molecule has 0 radical (unpaired) electrons. The minimum Gasteiger partial charge on any atom is -0.395 e. The van der Waals surface area contributed by atoms with Gasteiger partial charge in [0.2, 0.25) is 11.0 Å². The van der Waals surface area contributed by atoms with E-state index in [4.69, 9.17) is 5.11 Å². The Morgan fingerprint density at radius 3 is 2.63 bits per heavy atom. The van der Waals surface area contributed by atoms with E-state index in [1.165, 1.54) is 0 Å². The second-order valence-corrected chi connectivity index (χ2v) is 5.03. The van der Waals surface area contributed by atoms with Gasteiger partial charge in [0.15, 0.2) is 0 Å². The van der Waals surface area contributed by atoms with Gasteiger partial charge in [0.1, 0.15) is 0 Å². The minimum atomic E-state index is -4.48. The van der Waals surface area contributed by atoms with Crippen LogP contribution in [0.2, 0.25) is 0 Å². The van der Waals surface area contributed by atoms with Crippen LogP contribution < -0.4 is 4.90 Å². The van der Waals surface area contributed by atoms with Crippen LogP contribution in [-0.2, 0) is 6.18 Å². The lowest BCUT2D eigenvalue weighted by atomic mass is 10.4. The summed E-state index contributed by atoms with van der Waals surface area (Å²) in [6.07, 6.45) is -3.65. The Hall–Kier alpha value is -0.930. The first-order valence-corrected chi connectivity index (χ1v) is 6.77. The summed E-state index contributed by atoms with van der Waals surface area (Å²) in [4.78, 5) is 7.47. The number of aromatic nitrogens is 2. The molecule has 1 aliphatic rings. The van der Waals surface area contributed by atoms with Crippen molar-refractivity contribution >= 4 is 16.7 Å². The second kappa shape index (κ2) is 6.02. The predicted octanol–water partition coefficient (Wildman–Crippen LogP) is 1.06. The molecule has 1 saturated heterocycles. The SMILES string of the molecule is OCCN1CCCN(c2nc(C(F)(F)F)ns2)CC1. The number of hydrogen-bond acceptors (Lipinski definition) is 6. The number of nitrogens with zero attached hydrogens (tertiary/aromatic N) is 4. The van der Waals surface area contributed by atoms with Crippen LogP contribution in [0, 0.1) is 0 Å². The molecule has 0 saturated carbocycles. The maximum atomic E-state index is 12.4. The summed E-state index contributed by atoms with van der Waals surface area (Å²) < 4.78 is 40.7. The van der Waals surface area contributed by atoms with Crippen LogP contribution in [0.1, 0.15) is 12.2 Å². The van der Waals surface area contributed by atoms with Crippen molar-refractivity contribution in [1.82, 2.24) is 14.3 Å². The summed E-state index contributed by atoms with van der Waals surface area (Å²) in [7, 11) is 0. The highest BCUT2D eigenvalue weighted by atomic mass is 32.1. The van der Waals surface area contributed by atoms with E-state index < -0.39 is 12.0 Å². The summed E-state index contributed by atoms with van der Waals surface area (Å²) in [5.74, 6) is -1.07. The first-order chi connectivity index (χ1) is 9.00.